The normalized spacial score (nSPS) is 19.6. The Morgan fingerprint density at radius 3 is 1.33 bits per heavy atom. The zero-order valence-electron chi connectivity index (χ0n) is 32.1. The molecule has 3 saturated heterocycles. The van der Waals surface area contributed by atoms with E-state index in [9.17, 15) is 38.1 Å². The van der Waals surface area contributed by atoms with Crippen molar-refractivity contribution in [2.24, 2.45) is 0 Å². The molecular weight excluding hydrogens is 691 g/mol. The Balaban J connectivity index is 0.000000710. The summed E-state index contributed by atoms with van der Waals surface area (Å²) in [5.74, 6) is 0. The summed E-state index contributed by atoms with van der Waals surface area (Å²) in [4.78, 5) is 35.6. The highest BCUT2D eigenvalue weighted by atomic mass is 19.4. The van der Waals surface area contributed by atoms with Crippen LogP contribution >= 0.6 is 0 Å². The maximum atomic E-state index is 11.8. The number of amides is 2. The van der Waals surface area contributed by atoms with Crippen LogP contribution in [0.3, 0.4) is 0 Å². The van der Waals surface area contributed by atoms with E-state index in [1.165, 1.54) is 0 Å². The lowest BCUT2D eigenvalue weighted by molar-refractivity contribution is -0.156. The lowest BCUT2D eigenvalue weighted by Crippen LogP contribution is -2.48. The number of likely N-dealkylation sites (tertiary alicyclic amines) is 2. The summed E-state index contributed by atoms with van der Waals surface area (Å²) < 4.78 is 41.8. The minimum absolute atomic E-state index is 0.0953. The van der Waals surface area contributed by atoms with Crippen molar-refractivity contribution in [3.05, 3.63) is 12.7 Å². The topological polar surface area (TPSA) is 189 Å². The molecule has 3 fully saturated rings. The Hall–Kier alpha value is -2.50. The van der Waals surface area contributed by atoms with Crippen LogP contribution in [0.25, 0.3) is 0 Å². The fourth-order valence-electron chi connectivity index (χ4n) is 5.55. The molecular formula is C36H66F3N3O10. The second kappa shape index (κ2) is 22.7. The molecule has 0 aromatic heterocycles. The quantitative estimate of drug-likeness (QED) is 0.152. The van der Waals surface area contributed by atoms with Gasteiger partial charge in [0.1, 0.15) is 11.2 Å². The Morgan fingerprint density at radius 2 is 1.04 bits per heavy atom. The van der Waals surface area contributed by atoms with E-state index in [0.717, 1.165) is 38.8 Å². The molecule has 52 heavy (non-hydrogen) atoms. The van der Waals surface area contributed by atoms with E-state index in [4.69, 9.17) is 24.5 Å². The number of aliphatic hydroxyl groups excluding tert-OH is 2. The monoisotopic (exact) mass is 757 g/mol. The number of hydrogen-bond donors (Lipinski definition) is 6. The first-order valence-electron chi connectivity index (χ1n) is 18.0. The van der Waals surface area contributed by atoms with Gasteiger partial charge in [-0.2, -0.15) is 13.2 Å². The molecule has 0 spiro atoms. The molecule has 6 N–H and O–H groups in total. The number of carbonyl (C=O) groups excluding carboxylic acids is 3. The molecule has 0 aliphatic carbocycles. The van der Waals surface area contributed by atoms with Crippen LogP contribution in [0.1, 0.15) is 112 Å². The molecule has 306 valence electrons. The van der Waals surface area contributed by atoms with Gasteiger partial charge in [-0.1, -0.05) is 6.08 Å². The molecule has 0 atom stereocenters. The number of hydrogen-bond acceptors (Lipinski definition) is 11. The first kappa shape index (κ1) is 49.5. The maximum absolute atomic E-state index is 11.8. The summed E-state index contributed by atoms with van der Waals surface area (Å²) in [7, 11) is 0. The van der Waals surface area contributed by atoms with Crippen LogP contribution in [0.15, 0.2) is 12.7 Å². The van der Waals surface area contributed by atoms with Gasteiger partial charge in [0.25, 0.3) is 0 Å². The number of halogens is 3. The Labute approximate surface area is 307 Å². The van der Waals surface area contributed by atoms with Gasteiger partial charge in [-0.3, -0.25) is 4.79 Å². The molecule has 0 unspecified atom stereocenters. The molecule has 3 aliphatic rings. The van der Waals surface area contributed by atoms with E-state index in [2.05, 4.69) is 11.9 Å². The lowest BCUT2D eigenvalue weighted by Gasteiger charge is -2.38. The van der Waals surface area contributed by atoms with Gasteiger partial charge in [0.2, 0.25) is 6.29 Å². The highest BCUT2D eigenvalue weighted by Crippen LogP contribution is 2.28. The van der Waals surface area contributed by atoms with Crippen LogP contribution in [0, 0.1) is 0 Å². The molecule has 13 nitrogen and oxygen atoms in total. The minimum atomic E-state index is -4.64. The largest absolute Gasteiger partial charge is 0.446 e. The van der Waals surface area contributed by atoms with Gasteiger partial charge in [-0.05, 0) is 125 Å². The molecule has 3 aliphatic heterocycles. The fourth-order valence-corrected chi connectivity index (χ4v) is 5.55. The van der Waals surface area contributed by atoms with E-state index >= 15 is 0 Å². The van der Waals surface area contributed by atoms with Crippen LogP contribution in [0.5, 0.6) is 0 Å². The third-order valence-electron chi connectivity index (χ3n) is 8.48. The molecule has 2 amide bonds. The molecule has 3 heterocycles. The van der Waals surface area contributed by atoms with Gasteiger partial charge < -0.3 is 50.1 Å². The predicted octanol–water partition coefficient (Wildman–Crippen LogP) is 4.47. The molecule has 0 radical (unpaired) electrons. The highest BCUT2D eigenvalue weighted by Gasteiger charge is 2.36. The van der Waals surface area contributed by atoms with Gasteiger partial charge in [-0.15, -0.1) is 6.58 Å². The van der Waals surface area contributed by atoms with Crippen LogP contribution in [0.4, 0.5) is 22.8 Å². The van der Waals surface area contributed by atoms with Crippen LogP contribution in [-0.2, 0) is 14.3 Å². The number of carbonyl (C=O) groups is 3. The van der Waals surface area contributed by atoms with Gasteiger partial charge in [-0.25, -0.2) is 9.59 Å². The highest BCUT2D eigenvalue weighted by molar-refractivity contribution is 5.68. The standard InChI is InChI=1S/C13H25NO4.C13H23NO3.C8H17NO2.C2HF3O/c1-12(2,3)18-11(16)14-8-6-13(17,7-9-14)5-4-10-15;1-5-6-13(16)7-9-14(10-8-13)11(15)17-12(2,3)4;10-7-1-2-8(11)3-5-9-6-4-8;3-2(4,5)1-6/h15,17H,4-10H2,1-3H3;5,16H,1,6-10H2,2-4H3;9-11H,1-7H2;1H. The molecule has 16 heteroatoms. The Bertz CT molecular complexity index is 1040. The zero-order chi connectivity index (χ0) is 40.3. The molecule has 0 aromatic carbocycles. The number of alkyl halides is 3. The van der Waals surface area contributed by atoms with E-state index in [0.29, 0.717) is 71.1 Å². The van der Waals surface area contributed by atoms with Gasteiger partial charge in [0.15, 0.2) is 0 Å². The van der Waals surface area contributed by atoms with Crippen molar-refractivity contribution in [1.82, 2.24) is 15.1 Å². The average Bonchev–Trinajstić information content (AvgIpc) is 3.03. The summed E-state index contributed by atoms with van der Waals surface area (Å²) >= 11 is 0. The van der Waals surface area contributed by atoms with Crippen molar-refractivity contribution in [1.29, 1.82) is 0 Å². The first-order valence-corrected chi connectivity index (χ1v) is 18.0. The van der Waals surface area contributed by atoms with Crippen molar-refractivity contribution >= 4 is 18.5 Å². The maximum Gasteiger partial charge on any atom is 0.446 e. The number of rotatable bonds is 8. The molecule has 0 bridgehead atoms. The second-order valence-electron chi connectivity index (χ2n) is 15.7. The summed E-state index contributed by atoms with van der Waals surface area (Å²) in [6.07, 6.45) is 2.56. The van der Waals surface area contributed by atoms with E-state index in [1.807, 2.05) is 41.5 Å². The van der Waals surface area contributed by atoms with Crippen LogP contribution in [-0.4, -0.2) is 140 Å². The van der Waals surface area contributed by atoms with Crippen LogP contribution < -0.4 is 5.32 Å². The van der Waals surface area contributed by atoms with Crippen molar-refractivity contribution in [2.45, 2.75) is 146 Å². The number of aliphatic hydroxyl groups is 5. The first-order chi connectivity index (χ1) is 23.8. The fraction of sp³-hybridized carbons (Fsp3) is 0.861. The minimum Gasteiger partial charge on any atom is -0.444 e. The molecule has 3 rings (SSSR count). The Morgan fingerprint density at radius 1 is 0.712 bits per heavy atom. The summed E-state index contributed by atoms with van der Waals surface area (Å²) in [6.45, 7) is 18.9. The summed E-state index contributed by atoms with van der Waals surface area (Å²) in [5.41, 5.74) is -2.87. The average molecular weight is 758 g/mol. The number of nitrogens with one attached hydrogen (secondary N) is 1. The second-order valence-corrected chi connectivity index (χ2v) is 15.7. The van der Waals surface area contributed by atoms with E-state index in [-0.39, 0.29) is 25.4 Å². The molecule has 0 saturated carbocycles. The summed E-state index contributed by atoms with van der Waals surface area (Å²) in [6, 6.07) is 0. The van der Waals surface area contributed by atoms with Gasteiger partial charge in [0.05, 0.1) is 16.8 Å². The molecule has 0 aromatic rings. The number of ether oxygens (including phenoxy) is 2. The third-order valence-corrected chi connectivity index (χ3v) is 8.48. The summed E-state index contributed by atoms with van der Waals surface area (Å²) in [5, 5.41) is 50.8. The van der Waals surface area contributed by atoms with Crippen molar-refractivity contribution < 1.29 is 62.6 Å². The van der Waals surface area contributed by atoms with Crippen molar-refractivity contribution in [3.8, 4) is 0 Å². The number of piperidine rings is 3. The van der Waals surface area contributed by atoms with Crippen molar-refractivity contribution in [3.63, 3.8) is 0 Å². The Kier molecular flexibility index (Phi) is 21.6. The SMILES string of the molecule is C=CCC1(O)CCN(C(=O)OC(C)(C)C)CC1.CC(C)(C)OC(=O)N1CCC(O)(CCCO)CC1.O=CC(F)(F)F.OCCCC1(O)CCNCC1. The third kappa shape index (κ3) is 23.2. The van der Waals surface area contributed by atoms with Crippen LogP contribution in [0.2, 0.25) is 0 Å². The van der Waals surface area contributed by atoms with E-state index < -0.39 is 40.5 Å². The van der Waals surface area contributed by atoms with Gasteiger partial charge in [0, 0.05) is 39.4 Å². The van der Waals surface area contributed by atoms with Crippen molar-refractivity contribution in [2.75, 3.05) is 52.5 Å². The van der Waals surface area contributed by atoms with E-state index in [1.54, 1.807) is 15.9 Å². The lowest BCUT2D eigenvalue weighted by atomic mass is 9.87. The van der Waals surface area contributed by atoms with Gasteiger partial charge >= 0.3 is 18.4 Å². The zero-order valence-corrected chi connectivity index (χ0v) is 32.1. The smallest absolute Gasteiger partial charge is 0.444 e. The predicted molar refractivity (Wildman–Crippen MR) is 191 cm³/mol. The number of nitrogens with zero attached hydrogens (tertiary/aromatic N) is 2. The number of aldehydes is 1.